The number of nitrogens with two attached hydrogens (primary N) is 1. The Balaban J connectivity index is 1.96. The Kier molecular flexibility index (Phi) is 5.46. The molecule has 0 unspecified atom stereocenters. The highest BCUT2D eigenvalue weighted by atomic mass is 32.1. The highest BCUT2D eigenvalue weighted by Gasteiger charge is 2.27. The van der Waals surface area contributed by atoms with Gasteiger partial charge in [-0.15, -0.1) is 11.3 Å². The van der Waals surface area contributed by atoms with Crippen molar-refractivity contribution in [1.29, 1.82) is 0 Å². The van der Waals surface area contributed by atoms with Crippen LogP contribution in [-0.2, 0) is 0 Å². The van der Waals surface area contributed by atoms with Crippen molar-refractivity contribution in [2.75, 3.05) is 14.2 Å². The summed E-state index contributed by atoms with van der Waals surface area (Å²) in [7, 11) is 2.80. The number of primary amides is 1. The first-order valence-corrected chi connectivity index (χ1v) is 9.78. The number of methoxy groups -OCH3 is 2. The van der Waals surface area contributed by atoms with Crippen molar-refractivity contribution in [3.8, 4) is 33.8 Å². The number of furan rings is 1. The number of ether oxygens (including phenoxy) is 2. The Labute approximate surface area is 180 Å². The van der Waals surface area contributed by atoms with Gasteiger partial charge in [0, 0.05) is 17.8 Å². The fourth-order valence-corrected chi connectivity index (χ4v) is 3.98. The molecule has 0 spiro atoms. The Morgan fingerprint density at radius 3 is 2.55 bits per heavy atom. The maximum absolute atomic E-state index is 13.2. The van der Waals surface area contributed by atoms with Gasteiger partial charge in [-0.3, -0.25) is 14.6 Å². The van der Waals surface area contributed by atoms with E-state index in [4.69, 9.17) is 19.6 Å². The second-order valence-corrected chi connectivity index (χ2v) is 7.18. The van der Waals surface area contributed by atoms with E-state index in [0.29, 0.717) is 26.9 Å². The molecule has 2 N–H and O–H groups in total. The van der Waals surface area contributed by atoms with Crippen LogP contribution in [0.2, 0.25) is 0 Å². The zero-order chi connectivity index (χ0) is 22.0. The molecule has 4 aromatic rings. The molecule has 0 aliphatic rings. The summed E-state index contributed by atoms with van der Waals surface area (Å²) in [6.45, 7) is 0. The van der Waals surface area contributed by atoms with Crippen LogP contribution in [0.3, 0.4) is 0 Å². The van der Waals surface area contributed by atoms with Gasteiger partial charge in [0.15, 0.2) is 5.76 Å². The summed E-state index contributed by atoms with van der Waals surface area (Å²) in [6, 6.07) is 9.95. The number of hydrogen-bond acceptors (Lipinski definition) is 9. The van der Waals surface area contributed by atoms with E-state index in [-0.39, 0.29) is 28.8 Å². The zero-order valence-electron chi connectivity index (χ0n) is 16.5. The predicted molar refractivity (Wildman–Crippen MR) is 112 cm³/mol. The summed E-state index contributed by atoms with van der Waals surface area (Å²) < 4.78 is 15.9. The minimum absolute atomic E-state index is 0.00537. The van der Waals surface area contributed by atoms with Gasteiger partial charge in [-0.05, 0) is 24.3 Å². The highest BCUT2D eigenvalue weighted by molar-refractivity contribution is 7.17. The number of carbonyl (C=O) groups excluding carboxylic acids is 2. The average molecular weight is 436 g/mol. The molecule has 156 valence electrons. The lowest BCUT2D eigenvalue weighted by Gasteiger charge is -2.10. The first-order chi connectivity index (χ1) is 15.0. The smallest absolute Gasteiger partial charge is 0.254 e. The van der Waals surface area contributed by atoms with E-state index in [9.17, 15) is 9.59 Å². The molecule has 0 atom stereocenters. The second-order valence-electron chi connectivity index (χ2n) is 6.18. The maximum atomic E-state index is 13.2. The highest BCUT2D eigenvalue weighted by Crippen LogP contribution is 2.39. The number of thiazole rings is 1. The fourth-order valence-electron chi connectivity index (χ4n) is 2.94. The van der Waals surface area contributed by atoms with Gasteiger partial charge in [0.1, 0.15) is 26.8 Å². The molecule has 0 aromatic carbocycles. The number of rotatable bonds is 7. The molecule has 4 rings (SSSR count). The number of aromatic nitrogens is 3. The maximum Gasteiger partial charge on any atom is 0.254 e. The van der Waals surface area contributed by atoms with Crippen molar-refractivity contribution in [1.82, 2.24) is 15.0 Å². The molecular weight excluding hydrogens is 420 g/mol. The summed E-state index contributed by atoms with van der Waals surface area (Å²) in [5, 5.41) is 0.346. The molecule has 4 heterocycles. The summed E-state index contributed by atoms with van der Waals surface area (Å²) in [5.41, 5.74) is 6.53. The minimum Gasteiger partial charge on any atom is -0.481 e. The van der Waals surface area contributed by atoms with Crippen LogP contribution in [0.1, 0.15) is 25.7 Å². The second kappa shape index (κ2) is 8.36. The molecule has 0 saturated carbocycles. The normalized spacial score (nSPS) is 10.6. The summed E-state index contributed by atoms with van der Waals surface area (Å²) in [6.07, 6.45) is 3.02. The third-order valence-corrected chi connectivity index (χ3v) is 5.41. The third-order valence-electron chi connectivity index (χ3n) is 4.33. The van der Waals surface area contributed by atoms with Crippen LogP contribution in [0.25, 0.3) is 22.0 Å². The minimum atomic E-state index is -0.755. The van der Waals surface area contributed by atoms with Crippen LogP contribution in [0.15, 0.2) is 53.3 Å². The van der Waals surface area contributed by atoms with Crippen molar-refractivity contribution >= 4 is 23.0 Å². The Bertz CT molecular complexity index is 1250. The first-order valence-electron chi connectivity index (χ1n) is 8.97. The lowest BCUT2D eigenvalue weighted by molar-refractivity contribution is 0.0995. The van der Waals surface area contributed by atoms with Gasteiger partial charge in [0.25, 0.3) is 5.91 Å². The van der Waals surface area contributed by atoms with E-state index >= 15 is 0 Å². The molecule has 0 radical (unpaired) electrons. The van der Waals surface area contributed by atoms with Crippen molar-refractivity contribution < 1.29 is 23.5 Å². The average Bonchev–Trinajstić information content (AvgIpc) is 3.48. The van der Waals surface area contributed by atoms with Gasteiger partial charge in [0.2, 0.25) is 17.5 Å². The van der Waals surface area contributed by atoms with Crippen molar-refractivity contribution in [3.63, 3.8) is 0 Å². The Hall–Kier alpha value is -4.05. The Morgan fingerprint density at radius 2 is 1.94 bits per heavy atom. The van der Waals surface area contributed by atoms with Crippen LogP contribution < -0.4 is 15.2 Å². The van der Waals surface area contributed by atoms with Crippen molar-refractivity contribution in [3.05, 3.63) is 65.0 Å². The Morgan fingerprint density at radius 1 is 1.10 bits per heavy atom. The van der Waals surface area contributed by atoms with E-state index in [1.165, 1.54) is 32.7 Å². The summed E-state index contributed by atoms with van der Waals surface area (Å²) >= 11 is 1.08. The van der Waals surface area contributed by atoms with Gasteiger partial charge >= 0.3 is 0 Å². The molecule has 9 nitrogen and oxygen atoms in total. The van der Waals surface area contributed by atoms with Gasteiger partial charge in [-0.1, -0.05) is 6.07 Å². The number of nitrogens with zero attached hydrogens (tertiary/aromatic N) is 3. The molecule has 0 bridgehead atoms. The molecule has 31 heavy (non-hydrogen) atoms. The first kappa shape index (κ1) is 20.2. The molecule has 0 saturated heterocycles. The third kappa shape index (κ3) is 3.76. The standard InChI is InChI=1S/C21H16N4O5S/c1-28-14-10-11(15(19(22)27)20(24-14)29-2)21-25-16(13-7-5-9-30-13)18(31-21)17(26)12-6-3-4-8-23-12/h3-10H,1-2H3,(H2,22,27). The van der Waals surface area contributed by atoms with Gasteiger partial charge < -0.3 is 19.6 Å². The molecule has 1 amide bonds. The molecule has 0 aliphatic carbocycles. The summed E-state index contributed by atoms with van der Waals surface area (Å²) in [5.74, 6) is -0.493. The number of carbonyl (C=O) groups is 2. The molecule has 0 aliphatic heterocycles. The number of pyridine rings is 2. The largest absolute Gasteiger partial charge is 0.481 e. The lowest BCUT2D eigenvalue weighted by atomic mass is 10.1. The quantitative estimate of drug-likeness (QED) is 0.437. The lowest BCUT2D eigenvalue weighted by Crippen LogP contribution is -2.15. The van der Waals surface area contributed by atoms with E-state index in [1.54, 1.807) is 30.3 Å². The molecular formula is C21H16N4O5S. The molecule has 0 fully saturated rings. The van der Waals surface area contributed by atoms with Crippen LogP contribution in [0.5, 0.6) is 11.8 Å². The fraction of sp³-hybridized carbons (Fsp3) is 0.0952. The molecule has 4 aromatic heterocycles. The van der Waals surface area contributed by atoms with Crippen molar-refractivity contribution in [2.24, 2.45) is 5.73 Å². The topological polar surface area (TPSA) is 130 Å². The van der Waals surface area contributed by atoms with Crippen LogP contribution in [0.4, 0.5) is 0 Å². The van der Waals surface area contributed by atoms with E-state index < -0.39 is 5.91 Å². The predicted octanol–water partition coefficient (Wildman–Crippen LogP) is 3.21. The summed E-state index contributed by atoms with van der Waals surface area (Å²) in [4.78, 5) is 38.5. The SMILES string of the molecule is COc1cc(-c2nc(-c3ccco3)c(C(=O)c3ccccn3)s2)c(C(N)=O)c(OC)n1. The van der Waals surface area contributed by atoms with E-state index in [0.717, 1.165) is 11.3 Å². The van der Waals surface area contributed by atoms with Gasteiger partial charge in [-0.25, -0.2) is 4.98 Å². The van der Waals surface area contributed by atoms with Crippen LogP contribution >= 0.6 is 11.3 Å². The molecule has 10 heteroatoms. The van der Waals surface area contributed by atoms with Gasteiger partial charge in [0.05, 0.1) is 20.5 Å². The van der Waals surface area contributed by atoms with Crippen molar-refractivity contribution in [2.45, 2.75) is 0 Å². The van der Waals surface area contributed by atoms with Crippen LogP contribution in [0, 0.1) is 0 Å². The van der Waals surface area contributed by atoms with Gasteiger partial charge in [-0.2, -0.15) is 4.98 Å². The van der Waals surface area contributed by atoms with Crippen LogP contribution in [-0.4, -0.2) is 40.9 Å². The number of ketones is 1. The van der Waals surface area contributed by atoms with E-state index in [2.05, 4.69) is 15.0 Å². The zero-order valence-corrected chi connectivity index (χ0v) is 17.3. The monoisotopic (exact) mass is 436 g/mol. The number of hydrogen-bond donors (Lipinski definition) is 1. The van der Waals surface area contributed by atoms with E-state index in [1.807, 2.05) is 0 Å². The number of amides is 1.